The highest BCUT2D eigenvalue weighted by Crippen LogP contribution is 2.32. The van der Waals surface area contributed by atoms with Gasteiger partial charge in [0.2, 0.25) is 5.91 Å². The third kappa shape index (κ3) is 5.49. The number of halogens is 2. The van der Waals surface area contributed by atoms with E-state index in [1.54, 1.807) is 48.7 Å². The smallest absolute Gasteiger partial charge is 0.294 e. The second-order valence-electron chi connectivity index (χ2n) is 9.25. The molecule has 6 nitrogen and oxygen atoms in total. The van der Waals surface area contributed by atoms with Crippen molar-refractivity contribution in [2.24, 2.45) is 0 Å². The summed E-state index contributed by atoms with van der Waals surface area (Å²) in [5.74, 6) is -2.29. The van der Waals surface area contributed by atoms with E-state index in [1.165, 1.54) is 35.6 Å². The summed E-state index contributed by atoms with van der Waals surface area (Å²) < 4.78 is 33.1. The zero-order valence-corrected chi connectivity index (χ0v) is 20.0. The molecule has 1 N–H and O–H groups in total. The molecule has 2 aromatic heterocycles. The molecule has 2 aromatic carbocycles. The van der Waals surface area contributed by atoms with Crippen LogP contribution in [0, 0.1) is 11.6 Å². The second kappa shape index (κ2) is 10.1. The predicted octanol–water partition coefficient (Wildman–Crippen LogP) is 5.92. The van der Waals surface area contributed by atoms with Gasteiger partial charge in [0.15, 0.2) is 5.76 Å². The number of carbonyl (C=O) groups is 2. The van der Waals surface area contributed by atoms with Crippen molar-refractivity contribution in [3.8, 4) is 11.1 Å². The molecule has 2 heterocycles. The van der Waals surface area contributed by atoms with Crippen molar-refractivity contribution in [1.82, 2.24) is 10.3 Å². The Morgan fingerprint density at radius 2 is 1.75 bits per heavy atom. The Morgan fingerprint density at radius 3 is 2.33 bits per heavy atom. The van der Waals surface area contributed by atoms with Crippen LogP contribution in [0.1, 0.15) is 42.9 Å². The number of nitrogens with one attached hydrogen (secondary N) is 1. The lowest BCUT2D eigenvalue weighted by Crippen LogP contribution is -2.49. The van der Waals surface area contributed by atoms with Crippen molar-refractivity contribution in [2.75, 3.05) is 4.90 Å². The molecule has 184 valence electrons. The van der Waals surface area contributed by atoms with E-state index in [-0.39, 0.29) is 11.3 Å². The summed E-state index contributed by atoms with van der Waals surface area (Å²) in [6.07, 6.45) is 4.48. The van der Waals surface area contributed by atoms with Crippen LogP contribution in [-0.2, 0) is 4.79 Å². The Morgan fingerprint density at radius 1 is 1.00 bits per heavy atom. The number of rotatable bonds is 6. The Labute approximate surface area is 207 Å². The van der Waals surface area contributed by atoms with Crippen molar-refractivity contribution >= 4 is 17.5 Å². The maximum atomic E-state index is 14.3. The molecule has 1 atom stereocenters. The van der Waals surface area contributed by atoms with Gasteiger partial charge < -0.3 is 9.73 Å². The molecule has 4 rings (SSSR count). The first-order valence-corrected chi connectivity index (χ1v) is 11.3. The summed E-state index contributed by atoms with van der Waals surface area (Å²) in [6.45, 7) is 5.53. The van der Waals surface area contributed by atoms with Gasteiger partial charge in [-0.1, -0.05) is 18.2 Å². The first kappa shape index (κ1) is 24.8. The number of hydrogen-bond donors (Lipinski definition) is 1. The molecular weight excluding hydrogens is 464 g/mol. The second-order valence-corrected chi connectivity index (χ2v) is 9.25. The molecular formula is C28H25F2N3O3. The van der Waals surface area contributed by atoms with Crippen LogP contribution in [0.3, 0.4) is 0 Å². The standard InChI is InChI=1S/C28H25F2N3O3/c1-28(2,3)32-26(34)25(19-6-4-14-31-17-19)33(27(35)24-7-5-15-36-24)21-11-8-18(9-12-21)22-13-10-20(29)16-23(22)30/h4-17,25H,1-3H3,(H,32,34). The zero-order chi connectivity index (χ0) is 25.9. The maximum Gasteiger partial charge on any atom is 0.294 e. The summed E-state index contributed by atoms with van der Waals surface area (Å²) in [5, 5.41) is 2.94. The molecule has 0 aliphatic heterocycles. The monoisotopic (exact) mass is 489 g/mol. The number of hydrogen-bond acceptors (Lipinski definition) is 4. The van der Waals surface area contributed by atoms with Gasteiger partial charge in [0, 0.05) is 40.8 Å². The summed E-state index contributed by atoms with van der Waals surface area (Å²) in [4.78, 5) is 32.7. The summed E-state index contributed by atoms with van der Waals surface area (Å²) >= 11 is 0. The highest BCUT2D eigenvalue weighted by Gasteiger charge is 2.36. The van der Waals surface area contributed by atoms with E-state index in [2.05, 4.69) is 10.3 Å². The number of amides is 2. The normalized spacial score (nSPS) is 12.1. The van der Waals surface area contributed by atoms with E-state index >= 15 is 0 Å². The molecule has 8 heteroatoms. The van der Waals surface area contributed by atoms with Crippen LogP contribution in [0.4, 0.5) is 14.5 Å². The predicted molar refractivity (Wildman–Crippen MR) is 132 cm³/mol. The third-order valence-electron chi connectivity index (χ3n) is 5.34. The van der Waals surface area contributed by atoms with Gasteiger partial charge in [-0.15, -0.1) is 0 Å². The van der Waals surface area contributed by atoms with Crippen LogP contribution in [-0.4, -0.2) is 22.3 Å². The van der Waals surface area contributed by atoms with Gasteiger partial charge in [0.1, 0.15) is 17.7 Å². The fourth-order valence-corrected chi connectivity index (χ4v) is 3.82. The van der Waals surface area contributed by atoms with Crippen molar-refractivity contribution in [3.63, 3.8) is 0 Å². The van der Waals surface area contributed by atoms with Gasteiger partial charge in [-0.05, 0) is 68.8 Å². The van der Waals surface area contributed by atoms with Gasteiger partial charge in [-0.25, -0.2) is 8.78 Å². The number of furan rings is 1. The Balaban J connectivity index is 1.82. The molecule has 0 aliphatic rings. The molecule has 0 bridgehead atoms. The molecule has 0 fully saturated rings. The molecule has 0 aliphatic carbocycles. The average Bonchev–Trinajstić information content (AvgIpc) is 3.37. The van der Waals surface area contributed by atoms with Crippen LogP contribution >= 0.6 is 0 Å². The zero-order valence-electron chi connectivity index (χ0n) is 20.0. The van der Waals surface area contributed by atoms with Crippen LogP contribution in [0.15, 0.2) is 89.8 Å². The molecule has 0 saturated heterocycles. The number of aromatic nitrogens is 1. The molecule has 36 heavy (non-hydrogen) atoms. The van der Waals surface area contributed by atoms with Gasteiger partial charge >= 0.3 is 0 Å². The fourth-order valence-electron chi connectivity index (χ4n) is 3.82. The van der Waals surface area contributed by atoms with Gasteiger partial charge in [0.05, 0.1) is 6.26 Å². The van der Waals surface area contributed by atoms with E-state index in [0.29, 0.717) is 16.8 Å². The molecule has 4 aromatic rings. The minimum absolute atomic E-state index is 0.0427. The number of pyridine rings is 1. The number of benzene rings is 2. The lowest BCUT2D eigenvalue weighted by Gasteiger charge is -2.33. The Kier molecular flexibility index (Phi) is 6.96. The summed E-state index contributed by atoms with van der Waals surface area (Å²) in [6, 6.07) is 15.2. The molecule has 2 amide bonds. The number of carbonyl (C=O) groups excluding carboxylic acids is 2. The van der Waals surface area contributed by atoms with Crippen LogP contribution < -0.4 is 10.2 Å². The van der Waals surface area contributed by atoms with E-state index in [4.69, 9.17) is 4.42 Å². The highest BCUT2D eigenvalue weighted by atomic mass is 19.1. The van der Waals surface area contributed by atoms with E-state index in [9.17, 15) is 18.4 Å². The van der Waals surface area contributed by atoms with Gasteiger partial charge in [-0.2, -0.15) is 0 Å². The van der Waals surface area contributed by atoms with E-state index < -0.39 is 35.0 Å². The fraction of sp³-hybridized carbons (Fsp3) is 0.179. The third-order valence-corrected chi connectivity index (χ3v) is 5.34. The lowest BCUT2D eigenvalue weighted by atomic mass is 10.0. The number of nitrogens with zero attached hydrogens (tertiary/aromatic N) is 2. The van der Waals surface area contributed by atoms with Crippen molar-refractivity contribution in [1.29, 1.82) is 0 Å². The quantitative estimate of drug-likeness (QED) is 0.365. The van der Waals surface area contributed by atoms with Crippen molar-refractivity contribution < 1.29 is 22.8 Å². The SMILES string of the molecule is CC(C)(C)NC(=O)C(c1cccnc1)N(C(=O)c1ccco1)c1ccc(-c2ccc(F)cc2F)cc1. The molecule has 1 unspecified atom stereocenters. The molecule has 0 spiro atoms. The first-order valence-electron chi connectivity index (χ1n) is 11.3. The van der Waals surface area contributed by atoms with Gasteiger partial charge in [-0.3, -0.25) is 19.5 Å². The van der Waals surface area contributed by atoms with Crippen LogP contribution in [0.5, 0.6) is 0 Å². The van der Waals surface area contributed by atoms with Crippen LogP contribution in [0.2, 0.25) is 0 Å². The van der Waals surface area contributed by atoms with Crippen molar-refractivity contribution in [2.45, 2.75) is 32.4 Å². The van der Waals surface area contributed by atoms with Crippen LogP contribution in [0.25, 0.3) is 11.1 Å². The van der Waals surface area contributed by atoms with Gasteiger partial charge in [0.25, 0.3) is 5.91 Å². The topological polar surface area (TPSA) is 75.4 Å². The molecule has 0 saturated carbocycles. The summed E-state index contributed by atoms with van der Waals surface area (Å²) in [7, 11) is 0. The maximum absolute atomic E-state index is 14.3. The first-order chi connectivity index (χ1) is 17.1. The number of anilines is 1. The lowest BCUT2D eigenvalue weighted by molar-refractivity contribution is -0.123. The largest absolute Gasteiger partial charge is 0.459 e. The highest BCUT2D eigenvalue weighted by molar-refractivity contribution is 6.08. The Hall–Kier alpha value is -4.33. The average molecular weight is 490 g/mol. The minimum Gasteiger partial charge on any atom is -0.459 e. The minimum atomic E-state index is -1.08. The molecule has 0 radical (unpaired) electrons. The Bertz CT molecular complexity index is 1350. The van der Waals surface area contributed by atoms with Crippen molar-refractivity contribution in [3.05, 3.63) is 108 Å². The van der Waals surface area contributed by atoms with E-state index in [1.807, 2.05) is 20.8 Å². The summed E-state index contributed by atoms with van der Waals surface area (Å²) in [5.41, 5.74) is 0.995. The van der Waals surface area contributed by atoms with E-state index in [0.717, 1.165) is 6.07 Å².